The maximum atomic E-state index is 12.8. The third-order valence-corrected chi connectivity index (χ3v) is 7.84. The lowest BCUT2D eigenvalue weighted by molar-refractivity contribution is -0.276. The lowest BCUT2D eigenvalue weighted by Gasteiger charge is -2.60. The number of rotatable bonds is 6. The van der Waals surface area contributed by atoms with E-state index >= 15 is 0 Å². The van der Waals surface area contributed by atoms with Gasteiger partial charge in [-0.3, -0.25) is 9.59 Å². The van der Waals surface area contributed by atoms with Crippen molar-refractivity contribution in [2.24, 2.45) is 23.2 Å². The summed E-state index contributed by atoms with van der Waals surface area (Å²) in [7, 11) is 1.63. The van der Waals surface area contributed by atoms with Crippen LogP contribution in [-0.2, 0) is 33.3 Å². The van der Waals surface area contributed by atoms with Crippen molar-refractivity contribution in [3.8, 4) is 0 Å². The largest absolute Gasteiger partial charge is 0.459 e. The summed E-state index contributed by atoms with van der Waals surface area (Å²) >= 11 is 0. The highest BCUT2D eigenvalue weighted by Crippen LogP contribution is 2.56. The number of hydrogen-bond acceptors (Lipinski definition) is 7. The van der Waals surface area contributed by atoms with Gasteiger partial charge in [-0.25, -0.2) is 4.79 Å². The van der Waals surface area contributed by atoms with Crippen molar-refractivity contribution < 1.29 is 33.3 Å². The van der Waals surface area contributed by atoms with Crippen LogP contribution in [0.2, 0.25) is 0 Å². The first-order valence-electron chi connectivity index (χ1n) is 12.7. The molecule has 0 aromatic heterocycles. The van der Waals surface area contributed by atoms with Gasteiger partial charge >= 0.3 is 17.9 Å². The molecule has 1 aromatic carbocycles. The summed E-state index contributed by atoms with van der Waals surface area (Å²) in [6.07, 6.45) is 3.05. The van der Waals surface area contributed by atoms with Gasteiger partial charge in [0.2, 0.25) is 0 Å². The molecule has 2 fully saturated rings. The van der Waals surface area contributed by atoms with E-state index in [4.69, 9.17) is 18.9 Å². The summed E-state index contributed by atoms with van der Waals surface area (Å²) in [6, 6.07) is 9.47. The minimum Gasteiger partial charge on any atom is -0.459 e. The molecule has 2 aliphatic rings. The molecule has 2 aliphatic carbocycles. The number of fused-ring (bicyclic) bond motifs is 1. The Morgan fingerprint density at radius 3 is 2.17 bits per heavy atom. The van der Waals surface area contributed by atoms with Crippen molar-refractivity contribution in [2.45, 2.75) is 84.7 Å². The van der Waals surface area contributed by atoms with Gasteiger partial charge in [-0.15, -0.1) is 0 Å². The zero-order chi connectivity index (χ0) is 26.7. The molecule has 0 radical (unpaired) electrons. The molecule has 0 heterocycles. The molecule has 2 saturated carbocycles. The van der Waals surface area contributed by atoms with Gasteiger partial charge in [0.25, 0.3) is 0 Å². The molecule has 0 saturated heterocycles. The number of esters is 3. The number of carbonyl (C=O) groups is 3. The van der Waals surface area contributed by atoms with E-state index < -0.39 is 35.9 Å². The first-order valence-corrected chi connectivity index (χ1v) is 12.7. The van der Waals surface area contributed by atoms with Crippen molar-refractivity contribution in [2.75, 3.05) is 7.11 Å². The molecule has 0 amide bonds. The average molecular weight is 501 g/mol. The second-order valence-corrected chi connectivity index (χ2v) is 11.2. The lowest BCUT2D eigenvalue weighted by atomic mass is 9.53. The predicted molar refractivity (Wildman–Crippen MR) is 136 cm³/mol. The van der Waals surface area contributed by atoms with Crippen molar-refractivity contribution in [3.05, 3.63) is 42.0 Å². The highest BCUT2D eigenvalue weighted by molar-refractivity contribution is 5.87. The van der Waals surface area contributed by atoms with E-state index in [-0.39, 0.29) is 29.1 Å². The normalized spacial score (nSPS) is 32.4. The van der Waals surface area contributed by atoms with Crippen LogP contribution in [0.25, 0.3) is 6.08 Å². The number of ether oxygens (including phenoxy) is 4. The van der Waals surface area contributed by atoms with Gasteiger partial charge in [0.05, 0.1) is 0 Å². The van der Waals surface area contributed by atoms with Crippen LogP contribution in [-0.4, -0.2) is 48.9 Å². The SMILES string of the molecule is COC12C(C)CC(OC(=O)/C=C/c3ccccc3)C(OC(C)=O)C1CCC(C(C)(C)C)C2OC(C)=O. The Kier molecular flexibility index (Phi) is 8.65. The summed E-state index contributed by atoms with van der Waals surface area (Å²) < 4.78 is 24.0. The molecule has 0 bridgehead atoms. The maximum absolute atomic E-state index is 12.8. The predicted octanol–water partition coefficient (Wildman–Crippen LogP) is 4.97. The summed E-state index contributed by atoms with van der Waals surface area (Å²) in [5, 5.41) is 0. The third kappa shape index (κ3) is 5.83. The van der Waals surface area contributed by atoms with E-state index in [1.807, 2.05) is 37.3 Å². The first kappa shape index (κ1) is 27.9. The molecule has 3 rings (SSSR count). The minimum absolute atomic E-state index is 0.0472. The van der Waals surface area contributed by atoms with E-state index in [9.17, 15) is 14.4 Å². The molecule has 7 unspecified atom stereocenters. The number of benzene rings is 1. The van der Waals surface area contributed by atoms with Gasteiger partial charge in [0, 0.05) is 38.9 Å². The molecule has 1 aromatic rings. The van der Waals surface area contributed by atoms with Gasteiger partial charge in [-0.1, -0.05) is 58.0 Å². The molecular weight excluding hydrogens is 460 g/mol. The van der Waals surface area contributed by atoms with Crippen LogP contribution in [0.1, 0.15) is 66.4 Å². The van der Waals surface area contributed by atoms with Crippen molar-refractivity contribution in [1.82, 2.24) is 0 Å². The van der Waals surface area contributed by atoms with Crippen LogP contribution in [0.5, 0.6) is 0 Å². The van der Waals surface area contributed by atoms with E-state index in [0.29, 0.717) is 12.8 Å². The molecule has 36 heavy (non-hydrogen) atoms. The number of methoxy groups -OCH3 is 1. The van der Waals surface area contributed by atoms with Gasteiger partial charge in [0.15, 0.2) is 0 Å². The van der Waals surface area contributed by atoms with Crippen LogP contribution < -0.4 is 0 Å². The zero-order valence-corrected chi connectivity index (χ0v) is 22.5. The molecule has 7 nitrogen and oxygen atoms in total. The Bertz CT molecular complexity index is 964. The van der Waals surface area contributed by atoms with E-state index in [1.54, 1.807) is 13.2 Å². The molecule has 0 aliphatic heterocycles. The average Bonchev–Trinajstić information content (AvgIpc) is 2.79. The standard InChI is InChI=1S/C29H40O7/c1-18-17-24(36-25(32)16-13-21-11-9-8-10-12-21)26(34-19(2)30)22-14-15-23(28(4,5)6)27(35-20(3)31)29(18,22)33-7/h8-13,16,18,22-24,26-27H,14-15,17H2,1-7H3/b16-13+. The van der Waals surface area contributed by atoms with Crippen LogP contribution in [0.3, 0.4) is 0 Å². The summed E-state index contributed by atoms with van der Waals surface area (Å²) in [5.74, 6) is -1.73. The fourth-order valence-corrected chi connectivity index (χ4v) is 6.34. The Balaban J connectivity index is 1.95. The summed E-state index contributed by atoms with van der Waals surface area (Å²) in [4.78, 5) is 37.2. The number of carbonyl (C=O) groups excluding carboxylic acids is 3. The van der Waals surface area contributed by atoms with Crippen LogP contribution >= 0.6 is 0 Å². The Morgan fingerprint density at radius 2 is 1.61 bits per heavy atom. The minimum atomic E-state index is -0.884. The van der Waals surface area contributed by atoms with Gasteiger partial charge in [-0.05, 0) is 42.2 Å². The summed E-state index contributed by atoms with van der Waals surface area (Å²) in [6.45, 7) is 11.2. The second kappa shape index (κ2) is 11.2. The van der Waals surface area contributed by atoms with E-state index in [0.717, 1.165) is 12.0 Å². The Morgan fingerprint density at radius 1 is 0.972 bits per heavy atom. The van der Waals surface area contributed by atoms with Crippen molar-refractivity contribution in [1.29, 1.82) is 0 Å². The van der Waals surface area contributed by atoms with Gasteiger partial charge < -0.3 is 18.9 Å². The monoisotopic (exact) mass is 500 g/mol. The fraction of sp³-hybridized carbons (Fsp3) is 0.621. The number of hydrogen-bond donors (Lipinski definition) is 0. The van der Waals surface area contributed by atoms with Crippen LogP contribution in [0.4, 0.5) is 0 Å². The van der Waals surface area contributed by atoms with Crippen molar-refractivity contribution in [3.63, 3.8) is 0 Å². The molecule has 0 N–H and O–H groups in total. The van der Waals surface area contributed by atoms with Crippen LogP contribution in [0.15, 0.2) is 36.4 Å². The highest BCUT2D eigenvalue weighted by atomic mass is 16.6. The van der Waals surface area contributed by atoms with E-state index in [2.05, 4.69) is 20.8 Å². The smallest absolute Gasteiger partial charge is 0.331 e. The molecule has 0 spiro atoms. The molecule has 7 heteroatoms. The molecule has 7 atom stereocenters. The lowest BCUT2D eigenvalue weighted by Crippen LogP contribution is -2.70. The van der Waals surface area contributed by atoms with Crippen molar-refractivity contribution >= 4 is 24.0 Å². The topological polar surface area (TPSA) is 88.1 Å². The highest BCUT2D eigenvalue weighted by Gasteiger charge is 2.65. The Hall–Kier alpha value is -2.67. The maximum Gasteiger partial charge on any atom is 0.331 e. The first-order chi connectivity index (χ1) is 16.9. The second-order valence-electron chi connectivity index (χ2n) is 11.2. The molecular formula is C29H40O7. The van der Waals surface area contributed by atoms with Gasteiger partial charge in [0.1, 0.15) is 23.9 Å². The fourth-order valence-electron chi connectivity index (χ4n) is 6.34. The van der Waals surface area contributed by atoms with Gasteiger partial charge in [-0.2, -0.15) is 0 Å². The summed E-state index contributed by atoms with van der Waals surface area (Å²) in [5.41, 5.74) is -0.144. The van der Waals surface area contributed by atoms with E-state index in [1.165, 1.54) is 19.9 Å². The quantitative estimate of drug-likeness (QED) is 0.309. The third-order valence-electron chi connectivity index (χ3n) is 7.84. The van der Waals surface area contributed by atoms with Crippen LogP contribution in [0, 0.1) is 23.2 Å². The zero-order valence-electron chi connectivity index (χ0n) is 22.5. The Labute approximate surface area is 214 Å². The molecule has 198 valence electrons.